The van der Waals surface area contributed by atoms with E-state index >= 15 is 0 Å². The van der Waals surface area contributed by atoms with Crippen molar-refractivity contribution in [3.8, 4) is 11.5 Å². The molecule has 0 saturated heterocycles. The number of fused-ring (bicyclic) bond motifs is 1. The van der Waals surface area contributed by atoms with E-state index in [4.69, 9.17) is 18.6 Å². The van der Waals surface area contributed by atoms with Crippen LogP contribution in [0.3, 0.4) is 0 Å². The lowest BCUT2D eigenvalue weighted by molar-refractivity contribution is -0.109. The predicted molar refractivity (Wildman–Crippen MR) is 253 cm³/mol. The number of nitrogens with one attached hydrogen (secondary N) is 3. The van der Waals surface area contributed by atoms with E-state index in [-0.39, 0.29) is 47.5 Å². The normalized spacial score (nSPS) is 14.6. The van der Waals surface area contributed by atoms with Crippen LogP contribution in [-0.4, -0.2) is 75.4 Å². The summed E-state index contributed by atoms with van der Waals surface area (Å²) in [6.07, 6.45) is 1.55. The van der Waals surface area contributed by atoms with Gasteiger partial charge in [0.2, 0.25) is 5.78 Å². The van der Waals surface area contributed by atoms with Crippen molar-refractivity contribution >= 4 is 107 Å². The molecule has 2 aliphatic rings. The molecule has 6 N–H and O–H groups in total. The van der Waals surface area contributed by atoms with Crippen LogP contribution in [0.4, 0.5) is 17.1 Å². The van der Waals surface area contributed by atoms with E-state index in [0.29, 0.717) is 65.7 Å². The molecule has 63 heavy (non-hydrogen) atoms. The molecule has 1 aliphatic heterocycles. The molecule has 1 aliphatic carbocycles. The number of hydrogen-bond acceptors (Lipinski definition) is 11. The first-order valence-electron chi connectivity index (χ1n) is 20.6. The van der Waals surface area contributed by atoms with E-state index in [1.807, 2.05) is 116 Å². The third kappa shape index (κ3) is 9.56. The lowest BCUT2D eigenvalue weighted by atomic mass is 9.58. The van der Waals surface area contributed by atoms with Crippen molar-refractivity contribution in [2.24, 2.45) is 0 Å². The fourth-order valence-electron chi connectivity index (χ4n) is 8.15. The van der Waals surface area contributed by atoms with Crippen molar-refractivity contribution in [1.82, 2.24) is 0 Å². The molecule has 0 saturated carbocycles. The van der Waals surface area contributed by atoms with Crippen molar-refractivity contribution in [1.29, 1.82) is 0 Å². The van der Waals surface area contributed by atoms with Crippen molar-refractivity contribution in [2.75, 3.05) is 40.4 Å². The van der Waals surface area contributed by atoms with Crippen LogP contribution < -0.4 is 46.5 Å². The van der Waals surface area contributed by atoms with E-state index in [1.54, 1.807) is 0 Å². The molecule has 0 radical (unpaired) electrons. The number of carbonyl (C=O) groups is 1. The van der Waals surface area contributed by atoms with Crippen LogP contribution in [0.1, 0.15) is 31.2 Å². The number of ketones is 1. The van der Waals surface area contributed by atoms with Crippen LogP contribution in [0, 0.1) is 0 Å². The number of hydrogen-bond donors (Lipinski definition) is 6. The van der Waals surface area contributed by atoms with Gasteiger partial charge in [-0.25, -0.2) is 0 Å². The van der Waals surface area contributed by atoms with E-state index < -0.39 is 27.2 Å². The van der Waals surface area contributed by atoms with Gasteiger partial charge in [0.15, 0.2) is 0 Å². The molecule has 0 unspecified atom stereocenters. The number of unbranched alkanes of at least 4 members (excludes halogenated alkanes) is 2. The fraction of sp³-hybridized carbons (Fsp3) is 0.196. The molecule has 0 spiro atoms. The summed E-state index contributed by atoms with van der Waals surface area (Å²) in [5.74, 6) is 0.256. The molecule has 6 aromatic carbocycles. The summed E-state index contributed by atoms with van der Waals surface area (Å²) in [5, 5.41) is 27.3. The molecular weight excluding hydrogens is 840 g/mol. The molecule has 322 valence electrons. The third-order valence-corrected chi connectivity index (χ3v) is 13.0. The summed E-state index contributed by atoms with van der Waals surface area (Å²) < 4.78 is 73.3. The van der Waals surface area contributed by atoms with E-state index in [9.17, 15) is 26.7 Å². The Morgan fingerprint density at radius 2 is 1.29 bits per heavy atom. The zero-order chi connectivity index (χ0) is 44.5. The van der Waals surface area contributed by atoms with Gasteiger partial charge >= 0.3 is 6.98 Å². The Kier molecular flexibility index (Phi) is 12.3. The second-order valence-electron chi connectivity index (χ2n) is 15.7. The highest BCUT2D eigenvalue weighted by Crippen LogP contribution is 2.45. The Morgan fingerprint density at radius 3 is 1.90 bits per heavy atom. The lowest BCUT2D eigenvalue weighted by Crippen LogP contribution is -2.48. The van der Waals surface area contributed by atoms with Crippen molar-refractivity contribution in [2.45, 2.75) is 32.5 Å². The molecule has 0 fully saturated rings. The van der Waals surface area contributed by atoms with Crippen LogP contribution in [-0.2, 0) is 25.0 Å². The highest BCUT2D eigenvalue weighted by molar-refractivity contribution is 7.86. The Hall–Kier alpha value is -6.26. The molecular formula is C46H45B2N3O10S2. The van der Waals surface area contributed by atoms with Crippen LogP contribution in [0.15, 0.2) is 115 Å². The monoisotopic (exact) mass is 885 g/mol. The maximum Gasteiger partial charge on any atom is 0.406 e. The minimum Gasteiger partial charge on any atom is -0.506 e. The van der Waals surface area contributed by atoms with Gasteiger partial charge < -0.3 is 30.3 Å². The van der Waals surface area contributed by atoms with Crippen LogP contribution in [0.25, 0.3) is 39.3 Å². The summed E-state index contributed by atoms with van der Waals surface area (Å²) in [7, 11) is -7.99. The van der Waals surface area contributed by atoms with Gasteiger partial charge in [0.1, 0.15) is 17.3 Å². The first kappa shape index (κ1) is 43.4. The van der Waals surface area contributed by atoms with Crippen LogP contribution in [0.5, 0.6) is 11.5 Å². The Balaban J connectivity index is 1.03. The Labute approximate surface area is 366 Å². The Bertz CT molecular complexity index is 3130. The molecule has 1 heterocycles. The van der Waals surface area contributed by atoms with Gasteiger partial charge in [0.25, 0.3) is 27.1 Å². The summed E-state index contributed by atoms with van der Waals surface area (Å²) in [6.45, 7) is 6.56. The molecule has 0 amide bonds. The number of rotatable bonds is 17. The highest BCUT2D eigenvalue weighted by atomic mass is 32.2. The molecule has 6 aromatic rings. The van der Waals surface area contributed by atoms with Gasteiger partial charge in [-0.05, 0) is 88.8 Å². The van der Waals surface area contributed by atoms with Crippen LogP contribution in [0.2, 0.25) is 6.82 Å². The molecule has 0 aromatic heterocycles. The first-order chi connectivity index (χ1) is 30.1. The number of anilines is 3. The summed E-state index contributed by atoms with van der Waals surface area (Å²) in [6, 6.07) is 34.5. The number of ether oxygens (including phenoxy) is 2. The summed E-state index contributed by atoms with van der Waals surface area (Å²) >= 11 is 0. The number of carbonyl (C=O) groups excluding carboxylic acids is 1. The number of benzene rings is 6. The van der Waals surface area contributed by atoms with Gasteiger partial charge in [0.05, 0.1) is 35.9 Å². The maximum atomic E-state index is 14.3. The number of aliphatic hydroxyl groups is 1. The molecule has 0 bridgehead atoms. The quantitative estimate of drug-likeness (QED) is 0.0389. The van der Waals surface area contributed by atoms with Gasteiger partial charge in [-0.15, -0.1) is 0 Å². The largest absolute Gasteiger partial charge is 0.506 e. The summed E-state index contributed by atoms with van der Waals surface area (Å²) in [5.41, 5.74) is 5.26. The van der Waals surface area contributed by atoms with Gasteiger partial charge in [-0.2, -0.15) is 16.8 Å². The minimum absolute atomic E-state index is 0.105. The smallest absolute Gasteiger partial charge is 0.406 e. The molecule has 17 heteroatoms. The fourth-order valence-corrected chi connectivity index (χ4v) is 9.29. The zero-order valence-corrected chi connectivity index (χ0v) is 36.1. The van der Waals surface area contributed by atoms with E-state index in [2.05, 4.69) is 22.3 Å². The Morgan fingerprint density at radius 1 is 0.698 bits per heavy atom. The number of Topliss-reactive ketones (excluding diaryl/α,β-unsaturated/α-hetero) is 1. The van der Waals surface area contributed by atoms with Crippen molar-refractivity contribution in [3.63, 3.8) is 0 Å². The highest BCUT2D eigenvalue weighted by Gasteiger charge is 2.38. The van der Waals surface area contributed by atoms with Crippen molar-refractivity contribution < 1.29 is 45.3 Å². The maximum absolute atomic E-state index is 14.3. The van der Waals surface area contributed by atoms with Gasteiger partial charge in [-0.1, -0.05) is 91.7 Å². The molecule has 13 nitrogen and oxygen atoms in total. The van der Waals surface area contributed by atoms with E-state index in [0.717, 1.165) is 43.8 Å². The number of allylic oxidation sites excluding steroid dienone is 2. The topological polar surface area (TPSA) is 201 Å². The first-order valence-corrected chi connectivity index (χ1v) is 23.8. The lowest BCUT2D eigenvalue weighted by Gasteiger charge is -2.31. The van der Waals surface area contributed by atoms with Gasteiger partial charge in [-0.3, -0.25) is 13.9 Å². The number of aliphatic hydroxyl groups excluding tert-OH is 1. The zero-order valence-electron chi connectivity index (χ0n) is 34.4. The molecule has 8 rings (SSSR count). The average Bonchev–Trinajstić information content (AvgIpc) is 3.25. The second kappa shape index (κ2) is 17.8. The predicted octanol–water partition coefficient (Wildman–Crippen LogP) is 5.37. The SMILES string of the molecule is C=c1/c(=C2/C(=O)C(c3ccc4cccc5c4c3NB(c3ccc(OCCCCS(=O)(=O)O)cc3)N5)=C2O)ccc2cccc(NB(C)c3ccc(OCCCCS(=O)(=O)O)cc3)c12. The van der Waals surface area contributed by atoms with Crippen molar-refractivity contribution in [3.05, 3.63) is 131 Å². The molecule has 0 atom stereocenters. The standard InChI is InChI=1S/C46H45B2N3O10S2/c1-29-36(23-13-30-9-7-11-38(40(29)30)49-47(2)32-15-19-34(20-16-32)60-25-3-5-27-62(54,55)56)42-45(52)43(46(42)53)37-24-14-31-10-8-12-39-41(31)44(37)51-48(50-39)33-17-21-35(22-18-33)61-26-4-6-28-63(57,58)59/h7-24,49-52H,1,3-6,25-28H2,2H3,(H,54,55,56)(H,57,58,59)/b42-36+. The van der Waals surface area contributed by atoms with E-state index in [1.165, 1.54) is 0 Å². The second-order valence-corrected chi connectivity index (χ2v) is 18.9. The van der Waals surface area contributed by atoms with Crippen LogP contribution >= 0.6 is 0 Å². The van der Waals surface area contributed by atoms with Gasteiger partial charge in [0, 0.05) is 33.4 Å². The third-order valence-electron chi connectivity index (χ3n) is 11.3. The minimum atomic E-state index is -4.00. The average molecular weight is 886 g/mol. The summed E-state index contributed by atoms with van der Waals surface area (Å²) in [4.78, 5) is 14.3.